The van der Waals surface area contributed by atoms with Crippen LogP contribution in [0.3, 0.4) is 0 Å². The molecule has 0 saturated heterocycles. The van der Waals surface area contributed by atoms with E-state index in [9.17, 15) is 9.59 Å². The summed E-state index contributed by atoms with van der Waals surface area (Å²) in [5.74, 6) is 1.27. The van der Waals surface area contributed by atoms with Crippen molar-refractivity contribution in [1.82, 2.24) is 14.6 Å². The van der Waals surface area contributed by atoms with E-state index in [0.29, 0.717) is 29.1 Å². The largest absolute Gasteiger partial charge is 0.493 e. The van der Waals surface area contributed by atoms with Crippen molar-refractivity contribution in [2.45, 2.75) is 39.5 Å². The van der Waals surface area contributed by atoms with E-state index in [2.05, 4.69) is 17.0 Å². The molecule has 0 spiro atoms. The van der Waals surface area contributed by atoms with Crippen molar-refractivity contribution < 1.29 is 9.47 Å². The zero-order valence-electron chi connectivity index (χ0n) is 19.5. The van der Waals surface area contributed by atoms with E-state index in [1.165, 1.54) is 4.52 Å². The molecule has 0 bridgehead atoms. The molecule has 0 fully saturated rings. The van der Waals surface area contributed by atoms with Crippen molar-refractivity contribution in [3.8, 4) is 11.5 Å². The van der Waals surface area contributed by atoms with Gasteiger partial charge >= 0.3 is 0 Å². The topological polar surface area (TPSA) is 82.8 Å². The minimum atomic E-state index is -0.417. The lowest BCUT2D eigenvalue weighted by Crippen LogP contribution is -2.28. The van der Waals surface area contributed by atoms with Gasteiger partial charge in [-0.15, -0.1) is 0 Å². The second-order valence-electron chi connectivity index (χ2n) is 8.10. The molecular weight excluding hydrogens is 450 g/mol. The molecular formula is C26H27N3O4S. The van der Waals surface area contributed by atoms with Crippen LogP contribution < -0.4 is 25.1 Å². The lowest BCUT2D eigenvalue weighted by atomic mass is 10.1. The smallest absolute Gasteiger partial charge is 0.296 e. The molecule has 0 atom stereocenters. The SMILES string of the molecule is CCCCCOc1ccc(C=c2sc3nc(=O)c(Cc4ccc(C)cc4)nn3c2=O)cc1OC. The summed E-state index contributed by atoms with van der Waals surface area (Å²) >= 11 is 1.14. The minimum Gasteiger partial charge on any atom is -0.493 e. The number of unbranched alkanes of at least 4 members (excludes halogenated alkanes) is 2. The van der Waals surface area contributed by atoms with Crippen molar-refractivity contribution in [3.63, 3.8) is 0 Å². The Kier molecular flexibility index (Phi) is 7.37. The van der Waals surface area contributed by atoms with Crippen LogP contribution in [-0.2, 0) is 6.42 Å². The Morgan fingerprint density at radius 2 is 1.85 bits per heavy atom. The molecule has 7 nitrogen and oxygen atoms in total. The van der Waals surface area contributed by atoms with E-state index >= 15 is 0 Å². The maximum atomic E-state index is 13.0. The number of hydrogen-bond acceptors (Lipinski definition) is 7. The molecule has 0 saturated carbocycles. The molecule has 0 radical (unpaired) electrons. The van der Waals surface area contributed by atoms with Crippen LogP contribution in [0.25, 0.3) is 11.0 Å². The van der Waals surface area contributed by atoms with Gasteiger partial charge in [0, 0.05) is 6.42 Å². The fourth-order valence-electron chi connectivity index (χ4n) is 3.53. The van der Waals surface area contributed by atoms with Gasteiger partial charge in [0.15, 0.2) is 11.5 Å². The van der Waals surface area contributed by atoms with Gasteiger partial charge in [-0.3, -0.25) is 9.59 Å². The third kappa shape index (κ3) is 5.34. The second-order valence-corrected chi connectivity index (χ2v) is 9.11. The molecule has 34 heavy (non-hydrogen) atoms. The normalized spacial score (nSPS) is 11.8. The molecule has 2 aromatic heterocycles. The summed E-state index contributed by atoms with van der Waals surface area (Å²) in [5.41, 5.74) is 2.37. The van der Waals surface area contributed by atoms with Crippen LogP contribution >= 0.6 is 11.3 Å². The molecule has 0 amide bonds. The summed E-state index contributed by atoms with van der Waals surface area (Å²) in [6.07, 6.45) is 5.30. The number of fused-ring (bicyclic) bond motifs is 1. The Bertz CT molecular complexity index is 1460. The number of hydrogen-bond donors (Lipinski definition) is 0. The Morgan fingerprint density at radius 1 is 1.06 bits per heavy atom. The summed E-state index contributed by atoms with van der Waals surface area (Å²) in [7, 11) is 1.59. The maximum Gasteiger partial charge on any atom is 0.296 e. The zero-order valence-corrected chi connectivity index (χ0v) is 20.4. The van der Waals surface area contributed by atoms with Crippen molar-refractivity contribution in [2.24, 2.45) is 0 Å². The van der Waals surface area contributed by atoms with Crippen LogP contribution in [0.5, 0.6) is 11.5 Å². The quantitative estimate of drug-likeness (QED) is 0.343. The van der Waals surface area contributed by atoms with E-state index in [4.69, 9.17) is 9.47 Å². The number of thiazole rings is 1. The van der Waals surface area contributed by atoms with Crippen LogP contribution in [0.15, 0.2) is 52.1 Å². The van der Waals surface area contributed by atoms with E-state index in [0.717, 1.165) is 47.3 Å². The average Bonchev–Trinajstić information content (AvgIpc) is 3.13. The van der Waals surface area contributed by atoms with Crippen LogP contribution in [-0.4, -0.2) is 28.3 Å². The fraction of sp³-hybridized carbons (Fsp3) is 0.308. The highest BCUT2D eigenvalue weighted by atomic mass is 32.1. The highest BCUT2D eigenvalue weighted by Crippen LogP contribution is 2.28. The van der Waals surface area contributed by atoms with Gasteiger partial charge in [-0.05, 0) is 42.7 Å². The standard InChI is InChI=1S/C26H27N3O4S/c1-4-5-6-13-33-21-12-11-19(15-22(21)32-3)16-23-25(31)29-26(34-23)27-24(30)20(28-29)14-18-9-7-17(2)8-10-18/h7-12,15-16H,4-6,13-14H2,1-3H3. The molecule has 0 N–H and O–H groups in total. The van der Waals surface area contributed by atoms with E-state index in [1.54, 1.807) is 13.2 Å². The predicted molar refractivity (Wildman–Crippen MR) is 134 cm³/mol. The lowest BCUT2D eigenvalue weighted by Gasteiger charge is -2.11. The molecule has 176 valence electrons. The first kappa shape index (κ1) is 23.6. The molecule has 0 aliphatic rings. The highest BCUT2D eigenvalue weighted by molar-refractivity contribution is 7.15. The van der Waals surface area contributed by atoms with Gasteiger partial charge in [-0.25, -0.2) is 0 Å². The Labute approximate surface area is 201 Å². The summed E-state index contributed by atoms with van der Waals surface area (Å²) < 4.78 is 13.0. The van der Waals surface area contributed by atoms with Gasteiger partial charge in [-0.2, -0.15) is 14.6 Å². The van der Waals surface area contributed by atoms with Crippen molar-refractivity contribution >= 4 is 22.4 Å². The highest BCUT2D eigenvalue weighted by Gasteiger charge is 2.12. The van der Waals surface area contributed by atoms with Gasteiger partial charge in [0.2, 0.25) is 4.96 Å². The summed E-state index contributed by atoms with van der Waals surface area (Å²) in [5, 5.41) is 4.33. The maximum absolute atomic E-state index is 13.0. The number of aromatic nitrogens is 3. The molecule has 0 aliphatic carbocycles. The Morgan fingerprint density at radius 3 is 2.59 bits per heavy atom. The van der Waals surface area contributed by atoms with Gasteiger partial charge in [0.1, 0.15) is 5.69 Å². The Balaban J connectivity index is 1.64. The third-order valence-electron chi connectivity index (χ3n) is 5.43. The Hall–Kier alpha value is -3.52. The first-order valence-electron chi connectivity index (χ1n) is 11.3. The van der Waals surface area contributed by atoms with Crippen molar-refractivity contribution in [1.29, 1.82) is 0 Å². The zero-order chi connectivity index (χ0) is 24.1. The average molecular weight is 478 g/mol. The first-order chi connectivity index (χ1) is 16.5. The van der Waals surface area contributed by atoms with E-state index in [-0.39, 0.29) is 16.2 Å². The monoisotopic (exact) mass is 477 g/mol. The van der Waals surface area contributed by atoms with Crippen molar-refractivity contribution in [3.05, 3.63) is 90.1 Å². The van der Waals surface area contributed by atoms with Gasteiger partial charge in [0.05, 0.1) is 18.2 Å². The van der Waals surface area contributed by atoms with Crippen LogP contribution in [0.4, 0.5) is 0 Å². The minimum absolute atomic E-state index is 0.244. The number of benzene rings is 2. The molecule has 2 heterocycles. The van der Waals surface area contributed by atoms with Crippen molar-refractivity contribution in [2.75, 3.05) is 13.7 Å². The molecule has 2 aromatic carbocycles. The number of methoxy groups -OCH3 is 1. The molecule has 8 heteroatoms. The van der Waals surface area contributed by atoms with E-state index < -0.39 is 5.56 Å². The second kappa shape index (κ2) is 10.6. The molecule has 0 aliphatic heterocycles. The third-order valence-corrected chi connectivity index (χ3v) is 6.39. The number of nitrogens with zero attached hydrogens (tertiary/aromatic N) is 3. The summed E-state index contributed by atoms with van der Waals surface area (Å²) in [6, 6.07) is 13.4. The van der Waals surface area contributed by atoms with Crippen LogP contribution in [0.2, 0.25) is 0 Å². The fourth-order valence-corrected chi connectivity index (χ4v) is 4.43. The van der Waals surface area contributed by atoms with Gasteiger partial charge in [0.25, 0.3) is 11.1 Å². The van der Waals surface area contributed by atoms with Gasteiger partial charge in [-0.1, -0.05) is 67.0 Å². The van der Waals surface area contributed by atoms with Crippen LogP contribution in [0, 0.1) is 6.92 Å². The number of aryl methyl sites for hydroxylation is 1. The molecule has 4 aromatic rings. The number of ether oxygens (including phenoxy) is 2. The van der Waals surface area contributed by atoms with Gasteiger partial charge < -0.3 is 9.47 Å². The summed E-state index contributed by atoms with van der Waals surface area (Å²) in [6.45, 7) is 4.78. The predicted octanol–water partition coefficient (Wildman–Crippen LogP) is 3.54. The molecule has 0 unspecified atom stereocenters. The van der Waals surface area contributed by atoms with E-state index in [1.807, 2.05) is 49.4 Å². The number of rotatable bonds is 9. The lowest BCUT2D eigenvalue weighted by molar-refractivity contribution is 0.286. The van der Waals surface area contributed by atoms with Crippen LogP contribution in [0.1, 0.15) is 48.6 Å². The molecule has 4 rings (SSSR count). The summed E-state index contributed by atoms with van der Waals surface area (Å²) in [4.78, 5) is 29.9. The first-order valence-corrected chi connectivity index (χ1v) is 12.1.